The number of rotatable bonds is 7. The van der Waals surface area contributed by atoms with Gasteiger partial charge in [0, 0.05) is 74.3 Å². The maximum Gasteiger partial charge on any atom is 0.344 e. The van der Waals surface area contributed by atoms with E-state index < -0.39 is 45.9 Å². The zero-order valence-electron chi connectivity index (χ0n) is 34.2. The molecule has 9 rings (SSSR count). The third kappa shape index (κ3) is 4.85. The molecule has 0 radical (unpaired) electrons. The highest BCUT2D eigenvalue weighted by Gasteiger charge is 2.80. The van der Waals surface area contributed by atoms with Crippen molar-refractivity contribution in [2.45, 2.75) is 87.5 Å². The molecular formula is C46H55N3O8. The molecule has 2 aromatic rings. The number of hydrogen-bond acceptors (Lipinski definition) is 11. The van der Waals surface area contributed by atoms with Gasteiger partial charge in [-0.2, -0.15) is 0 Å². The van der Waals surface area contributed by atoms with Crippen LogP contribution in [-0.2, 0) is 45.8 Å². The van der Waals surface area contributed by atoms with Gasteiger partial charge >= 0.3 is 17.9 Å². The molecule has 7 aliphatic rings. The Morgan fingerprint density at radius 3 is 2.46 bits per heavy atom. The van der Waals surface area contributed by atoms with Gasteiger partial charge in [0.2, 0.25) is 5.60 Å². The number of methoxy groups -OCH3 is 3. The van der Waals surface area contributed by atoms with Gasteiger partial charge in [0.05, 0.1) is 27.4 Å². The number of esters is 3. The smallest absolute Gasteiger partial charge is 0.344 e. The Hall–Kier alpha value is -4.45. The first-order valence-electron chi connectivity index (χ1n) is 20.6. The van der Waals surface area contributed by atoms with E-state index in [0.29, 0.717) is 51.1 Å². The van der Waals surface area contributed by atoms with Crippen LogP contribution in [0, 0.1) is 11.3 Å². The Labute approximate surface area is 335 Å². The maximum atomic E-state index is 15.2. The van der Waals surface area contributed by atoms with E-state index >= 15 is 4.79 Å². The van der Waals surface area contributed by atoms with Crippen molar-refractivity contribution in [2.75, 3.05) is 66.0 Å². The van der Waals surface area contributed by atoms with Crippen LogP contribution in [0.3, 0.4) is 0 Å². The summed E-state index contributed by atoms with van der Waals surface area (Å²) in [6.07, 6.45) is 8.43. The number of nitrogens with zero attached hydrogens (tertiary/aromatic N) is 3. The van der Waals surface area contributed by atoms with Crippen molar-refractivity contribution in [3.05, 3.63) is 88.0 Å². The lowest BCUT2D eigenvalue weighted by atomic mass is 9.47. The van der Waals surface area contributed by atoms with Crippen molar-refractivity contribution < 1.29 is 38.4 Å². The first-order chi connectivity index (χ1) is 27.4. The Kier molecular flexibility index (Phi) is 8.88. The molecule has 5 aliphatic heterocycles. The number of fused-ring (bicyclic) bond motifs is 5. The molecule has 57 heavy (non-hydrogen) atoms. The Morgan fingerprint density at radius 2 is 1.75 bits per heavy atom. The minimum Gasteiger partial charge on any atom is -0.496 e. The highest BCUT2D eigenvalue weighted by molar-refractivity contribution is 5.96. The monoisotopic (exact) mass is 777 g/mol. The normalized spacial score (nSPS) is 35.8. The van der Waals surface area contributed by atoms with Gasteiger partial charge in [-0.1, -0.05) is 61.9 Å². The Bertz CT molecular complexity index is 2160. The van der Waals surface area contributed by atoms with Crippen LogP contribution < -0.4 is 9.64 Å². The van der Waals surface area contributed by atoms with E-state index in [2.05, 4.69) is 65.3 Å². The van der Waals surface area contributed by atoms with Crippen LogP contribution >= 0.6 is 0 Å². The average Bonchev–Trinajstić information content (AvgIpc) is 3.87. The Balaban J connectivity index is 1.35. The number of ether oxygens (including phenoxy) is 4. The molecule has 1 N–H and O–H groups in total. The molecule has 2 unspecified atom stereocenters. The summed E-state index contributed by atoms with van der Waals surface area (Å²) in [5, 5.41) is 13.3. The second-order valence-electron chi connectivity index (χ2n) is 17.4. The van der Waals surface area contributed by atoms with Crippen molar-refractivity contribution in [3.8, 4) is 5.75 Å². The standard InChI is InChI=1S/C46H55N3O8/c1-8-28-19-29-23-45(41(51)55-6,33-20-30-13-10-11-14-31(30)32(33)26-48(24-28)25-29)35-21-34-36(22-37(35)54-5)47(4)39-44(34)16-18-49-17-12-15-43(9-2,38(44)49)40(57-27(3)50)46(39,53)42(52)56-7/h10-15,19,21-22,29,38-40,53H,8-9,16-18,20,23-26H2,1-7H3/t29?,38-,39+,40+,43+,44+,45+,46-/m0/s1. The number of aliphatic hydroxyl groups is 1. The van der Waals surface area contributed by atoms with E-state index in [4.69, 9.17) is 18.9 Å². The summed E-state index contributed by atoms with van der Waals surface area (Å²) in [5.41, 5.74) is 3.12. The molecule has 1 saturated carbocycles. The van der Waals surface area contributed by atoms with E-state index in [0.717, 1.165) is 41.9 Å². The SMILES string of the molecule is CCC1=CC2CN(C1)CC1=C(Cc3ccccc31)[C@@](C(=O)OC)(c1cc3c(cc1OC)N(C)[C@H]1[C@@](O)(C(=O)OC)[C@H](OC(C)=O)[C@]4(CC)C=CCN5CC[C@]31[C@@H]54)C2. The van der Waals surface area contributed by atoms with E-state index in [9.17, 15) is 14.7 Å². The molecule has 2 aliphatic carbocycles. The molecule has 5 heterocycles. The van der Waals surface area contributed by atoms with Crippen LogP contribution in [0.2, 0.25) is 0 Å². The van der Waals surface area contributed by atoms with E-state index in [1.807, 2.05) is 24.9 Å². The quantitative estimate of drug-likeness (QED) is 0.239. The number of hydrogen-bond donors (Lipinski definition) is 1. The van der Waals surface area contributed by atoms with Gasteiger partial charge in [0.25, 0.3) is 0 Å². The summed E-state index contributed by atoms with van der Waals surface area (Å²) < 4.78 is 24.0. The van der Waals surface area contributed by atoms with Crippen LogP contribution in [0.1, 0.15) is 68.7 Å². The molecule has 9 atom stereocenters. The van der Waals surface area contributed by atoms with Gasteiger partial charge in [0.15, 0.2) is 6.10 Å². The third-order valence-corrected chi connectivity index (χ3v) is 15.1. The van der Waals surface area contributed by atoms with Crippen molar-refractivity contribution in [1.29, 1.82) is 0 Å². The first kappa shape index (κ1) is 38.1. The maximum absolute atomic E-state index is 15.2. The van der Waals surface area contributed by atoms with Crippen LogP contribution in [0.5, 0.6) is 5.75 Å². The summed E-state index contributed by atoms with van der Waals surface area (Å²) in [5.74, 6) is -1.15. The van der Waals surface area contributed by atoms with Gasteiger partial charge in [-0.05, 0) is 78.5 Å². The van der Waals surface area contributed by atoms with Crippen molar-refractivity contribution >= 4 is 29.2 Å². The lowest BCUT2D eigenvalue weighted by Crippen LogP contribution is -2.81. The molecule has 2 bridgehead atoms. The van der Waals surface area contributed by atoms with Gasteiger partial charge in [-0.25, -0.2) is 4.79 Å². The second kappa shape index (κ2) is 13.3. The van der Waals surface area contributed by atoms with Crippen LogP contribution in [0.15, 0.2) is 65.8 Å². The molecule has 2 fully saturated rings. The fourth-order valence-electron chi connectivity index (χ4n) is 13.2. The molecule has 0 aromatic heterocycles. The number of carbonyl (C=O) groups is 3. The molecular weight excluding hydrogens is 723 g/mol. The molecule has 2 aromatic carbocycles. The van der Waals surface area contributed by atoms with Gasteiger partial charge in [-0.15, -0.1) is 0 Å². The lowest BCUT2D eigenvalue weighted by Gasteiger charge is -2.63. The first-order valence-corrected chi connectivity index (χ1v) is 20.6. The summed E-state index contributed by atoms with van der Waals surface area (Å²) in [4.78, 5) is 49.5. The van der Waals surface area contributed by atoms with E-state index in [1.165, 1.54) is 43.4 Å². The molecule has 11 nitrogen and oxygen atoms in total. The van der Waals surface area contributed by atoms with Gasteiger partial charge < -0.3 is 29.0 Å². The number of carbonyl (C=O) groups excluding carboxylic acids is 3. The minimum atomic E-state index is -2.26. The van der Waals surface area contributed by atoms with Crippen molar-refractivity contribution in [3.63, 3.8) is 0 Å². The van der Waals surface area contributed by atoms with Gasteiger partial charge in [-0.3, -0.25) is 19.4 Å². The van der Waals surface area contributed by atoms with Gasteiger partial charge in [0.1, 0.15) is 11.2 Å². The largest absolute Gasteiger partial charge is 0.496 e. The average molecular weight is 778 g/mol. The predicted octanol–water partition coefficient (Wildman–Crippen LogP) is 4.73. The molecule has 11 heteroatoms. The predicted molar refractivity (Wildman–Crippen MR) is 215 cm³/mol. The highest BCUT2D eigenvalue weighted by Crippen LogP contribution is 2.68. The van der Waals surface area contributed by atoms with E-state index in [1.54, 1.807) is 7.11 Å². The van der Waals surface area contributed by atoms with Crippen LogP contribution in [0.4, 0.5) is 5.69 Å². The molecule has 0 amide bonds. The fourth-order valence-corrected chi connectivity index (χ4v) is 13.2. The molecule has 1 spiro atoms. The fraction of sp³-hybridized carbons (Fsp3) is 0.543. The molecule has 1 saturated heterocycles. The summed E-state index contributed by atoms with van der Waals surface area (Å²) in [6.45, 7) is 9.36. The zero-order chi connectivity index (χ0) is 40.2. The zero-order valence-corrected chi connectivity index (χ0v) is 34.2. The van der Waals surface area contributed by atoms with Crippen LogP contribution in [0.25, 0.3) is 5.57 Å². The number of anilines is 1. The second-order valence-corrected chi connectivity index (χ2v) is 17.4. The van der Waals surface area contributed by atoms with Crippen molar-refractivity contribution in [2.24, 2.45) is 11.3 Å². The Morgan fingerprint density at radius 1 is 0.982 bits per heavy atom. The number of likely N-dealkylation sites (N-methyl/N-ethyl adjacent to an activating group) is 1. The topological polar surface area (TPSA) is 118 Å². The summed E-state index contributed by atoms with van der Waals surface area (Å²) >= 11 is 0. The van der Waals surface area contributed by atoms with E-state index in [-0.39, 0.29) is 17.9 Å². The highest BCUT2D eigenvalue weighted by atomic mass is 16.6. The number of benzene rings is 2. The van der Waals surface area contributed by atoms with Crippen LogP contribution in [-0.4, -0.2) is 118 Å². The summed E-state index contributed by atoms with van der Waals surface area (Å²) in [7, 11) is 6.29. The molecule has 302 valence electrons. The van der Waals surface area contributed by atoms with Crippen molar-refractivity contribution in [1.82, 2.24) is 9.80 Å². The lowest BCUT2D eigenvalue weighted by molar-refractivity contribution is -0.228. The third-order valence-electron chi connectivity index (χ3n) is 15.1. The summed E-state index contributed by atoms with van der Waals surface area (Å²) in [6, 6.07) is 11.5. The minimum absolute atomic E-state index is 0.0684.